The molecule has 0 saturated heterocycles. The van der Waals surface area contributed by atoms with Crippen molar-refractivity contribution in [3.63, 3.8) is 0 Å². The highest BCUT2D eigenvalue weighted by atomic mass is 16.5. The Kier molecular flexibility index (Phi) is 19.3. The highest BCUT2D eigenvalue weighted by molar-refractivity contribution is 5.71. The molecule has 0 rings (SSSR count). The second-order valence-corrected chi connectivity index (χ2v) is 7.39. The van der Waals surface area contributed by atoms with Crippen molar-refractivity contribution < 1.29 is 9.53 Å². The first-order valence-corrected chi connectivity index (χ1v) is 11.1. The summed E-state index contributed by atoms with van der Waals surface area (Å²) in [5, 5.41) is 0. The fourth-order valence-electron chi connectivity index (χ4n) is 3.06. The maximum Gasteiger partial charge on any atom is 0.320 e. The van der Waals surface area contributed by atoms with Crippen molar-refractivity contribution in [2.45, 2.75) is 111 Å². The Labute approximate surface area is 157 Å². The van der Waals surface area contributed by atoms with Crippen LogP contribution in [0.5, 0.6) is 0 Å². The van der Waals surface area contributed by atoms with Crippen LogP contribution in [-0.2, 0) is 9.53 Å². The molecule has 25 heavy (non-hydrogen) atoms. The number of nitrogens with zero attached hydrogens (tertiary/aromatic N) is 1. The van der Waals surface area contributed by atoms with E-state index in [4.69, 9.17) is 4.74 Å². The van der Waals surface area contributed by atoms with Crippen molar-refractivity contribution in [3.8, 4) is 0 Å². The molecule has 150 valence electrons. The van der Waals surface area contributed by atoms with Crippen molar-refractivity contribution >= 4 is 5.97 Å². The summed E-state index contributed by atoms with van der Waals surface area (Å²) in [5.41, 5.74) is 0. The second-order valence-electron chi connectivity index (χ2n) is 7.39. The third-order valence-corrected chi connectivity index (χ3v) is 4.77. The maximum atomic E-state index is 12.0. The van der Waals surface area contributed by atoms with Crippen molar-refractivity contribution in [2.75, 3.05) is 26.2 Å². The van der Waals surface area contributed by atoms with Gasteiger partial charge >= 0.3 is 5.97 Å². The van der Waals surface area contributed by atoms with E-state index in [9.17, 15) is 4.79 Å². The molecular weight excluding hydrogens is 310 g/mol. The fourth-order valence-corrected chi connectivity index (χ4v) is 3.06. The quantitative estimate of drug-likeness (QED) is 0.200. The standard InChI is InChI=1S/C22H45NO2/c1-4-7-10-12-14-16-18-23(19-17-15-13-11-8-5-2)21-22(24)25-20-9-6-3/h4-21H2,1-3H3. The van der Waals surface area contributed by atoms with E-state index in [1.54, 1.807) is 0 Å². The number of rotatable bonds is 19. The SMILES string of the molecule is CCCCCCCCN(CCCCCCCC)CC(=O)OCCCC. The summed E-state index contributed by atoms with van der Waals surface area (Å²) in [6, 6.07) is 0. The molecule has 0 aliphatic rings. The average Bonchev–Trinajstić information content (AvgIpc) is 2.60. The highest BCUT2D eigenvalue weighted by Crippen LogP contribution is 2.09. The summed E-state index contributed by atoms with van der Waals surface area (Å²) in [6.07, 6.45) is 17.7. The summed E-state index contributed by atoms with van der Waals surface area (Å²) < 4.78 is 5.35. The second kappa shape index (κ2) is 19.8. The van der Waals surface area contributed by atoms with Gasteiger partial charge in [0.05, 0.1) is 13.2 Å². The smallest absolute Gasteiger partial charge is 0.320 e. The first kappa shape index (κ1) is 24.4. The molecule has 0 aromatic heterocycles. The van der Waals surface area contributed by atoms with Gasteiger partial charge in [-0.2, -0.15) is 0 Å². The van der Waals surface area contributed by atoms with Crippen LogP contribution in [0.25, 0.3) is 0 Å². The molecule has 0 aliphatic heterocycles. The van der Waals surface area contributed by atoms with E-state index in [0.29, 0.717) is 13.2 Å². The summed E-state index contributed by atoms with van der Waals surface area (Å²) in [7, 11) is 0. The van der Waals surface area contributed by atoms with Gasteiger partial charge in [-0.3, -0.25) is 9.69 Å². The third-order valence-electron chi connectivity index (χ3n) is 4.77. The lowest BCUT2D eigenvalue weighted by Crippen LogP contribution is -2.33. The van der Waals surface area contributed by atoms with Crippen molar-refractivity contribution in [1.29, 1.82) is 0 Å². The lowest BCUT2D eigenvalue weighted by molar-refractivity contribution is -0.145. The zero-order valence-electron chi connectivity index (χ0n) is 17.5. The van der Waals surface area contributed by atoms with Gasteiger partial charge in [-0.15, -0.1) is 0 Å². The number of esters is 1. The molecule has 0 N–H and O–H groups in total. The van der Waals surface area contributed by atoms with Gasteiger partial charge in [0.1, 0.15) is 0 Å². The molecule has 3 nitrogen and oxygen atoms in total. The number of hydrogen-bond acceptors (Lipinski definition) is 3. The lowest BCUT2D eigenvalue weighted by atomic mass is 10.1. The van der Waals surface area contributed by atoms with Crippen LogP contribution in [0.3, 0.4) is 0 Å². The zero-order valence-corrected chi connectivity index (χ0v) is 17.5. The van der Waals surface area contributed by atoms with E-state index in [1.807, 2.05) is 0 Å². The van der Waals surface area contributed by atoms with E-state index in [0.717, 1.165) is 25.9 Å². The monoisotopic (exact) mass is 355 g/mol. The first-order valence-electron chi connectivity index (χ1n) is 11.1. The number of unbranched alkanes of at least 4 members (excludes halogenated alkanes) is 11. The molecule has 0 spiro atoms. The van der Waals surface area contributed by atoms with Crippen molar-refractivity contribution in [2.24, 2.45) is 0 Å². The minimum Gasteiger partial charge on any atom is -0.465 e. The third kappa shape index (κ3) is 18.0. The van der Waals surface area contributed by atoms with Gasteiger partial charge < -0.3 is 4.74 Å². The van der Waals surface area contributed by atoms with E-state index < -0.39 is 0 Å². The van der Waals surface area contributed by atoms with Crippen LogP contribution in [0.15, 0.2) is 0 Å². The molecule has 0 atom stereocenters. The Bertz CT molecular complexity index is 265. The molecule has 0 aromatic rings. The van der Waals surface area contributed by atoms with Crippen LogP contribution >= 0.6 is 0 Å². The van der Waals surface area contributed by atoms with Crippen LogP contribution in [-0.4, -0.2) is 37.1 Å². The van der Waals surface area contributed by atoms with Crippen molar-refractivity contribution in [1.82, 2.24) is 4.90 Å². The minimum absolute atomic E-state index is 0.0367. The Hall–Kier alpha value is -0.570. The van der Waals surface area contributed by atoms with Gasteiger partial charge in [0.25, 0.3) is 0 Å². The summed E-state index contributed by atoms with van der Waals surface area (Å²) in [6.45, 7) is 9.79. The molecule has 0 saturated carbocycles. The van der Waals surface area contributed by atoms with Crippen LogP contribution in [0, 0.1) is 0 Å². The van der Waals surface area contributed by atoms with Crippen LogP contribution in [0.1, 0.15) is 111 Å². The molecule has 0 amide bonds. The summed E-state index contributed by atoms with van der Waals surface area (Å²) >= 11 is 0. The van der Waals surface area contributed by atoms with Gasteiger partial charge in [-0.25, -0.2) is 0 Å². The van der Waals surface area contributed by atoms with Gasteiger partial charge in [0.2, 0.25) is 0 Å². The molecular formula is C22H45NO2. The molecule has 0 heterocycles. The minimum atomic E-state index is -0.0367. The Morgan fingerprint density at radius 1 is 0.640 bits per heavy atom. The molecule has 0 aromatic carbocycles. The average molecular weight is 356 g/mol. The van der Waals surface area contributed by atoms with Crippen LogP contribution < -0.4 is 0 Å². The Morgan fingerprint density at radius 3 is 1.56 bits per heavy atom. The van der Waals surface area contributed by atoms with Crippen LogP contribution in [0.4, 0.5) is 0 Å². The van der Waals surface area contributed by atoms with Gasteiger partial charge in [0.15, 0.2) is 0 Å². The van der Waals surface area contributed by atoms with Gasteiger partial charge in [0, 0.05) is 0 Å². The van der Waals surface area contributed by atoms with E-state index in [-0.39, 0.29) is 5.97 Å². The first-order chi connectivity index (χ1) is 12.2. The lowest BCUT2D eigenvalue weighted by Gasteiger charge is -2.21. The summed E-state index contributed by atoms with van der Waals surface area (Å²) in [4.78, 5) is 14.3. The molecule has 3 heteroatoms. The topological polar surface area (TPSA) is 29.5 Å². The molecule has 0 unspecified atom stereocenters. The molecule has 0 radical (unpaired) electrons. The molecule has 0 aliphatic carbocycles. The Morgan fingerprint density at radius 2 is 1.08 bits per heavy atom. The molecule has 0 bridgehead atoms. The highest BCUT2D eigenvalue weighted by Gasteiger charge is 2.11. The predicted molar refractivity (Wildman–Crippen MR) is 109 cm³/mol. The summed E-state index contributed by atoms with van der Waals surface area (Å²) in [5.74, 6) is -0.0367. The van der Waals surface area contributed by atoms with Crippen LogP contribution in [0.2, 0.25) is 0 Å². The predicted octanol–water partition coefficient (Wildman–Crippen LogP) is 6.35. The number of carbonyl (C=O) groups is 1. The molecule has 0 fully saturated rings. The van der Waals surface area contributed by atoms with E-state index in [1.165, 1.54) is 77.0 Å². The van der Waals surface area contributed by atoms with Crippen molar-refractivity contribution in [3.05, 3.63) is 0 Å². The van der Waals surface area contributed by atoms with Gasteiger partial charge in [-0.1, -0.05) is 91.4 Å². The fraction of sp³-hybridized carbons (Fsp3) is 0.955. The number of ether oxygens (including phenoxy) is 1. The van der Waals surface area contributed by atoms with E-state index >= 15 is 0 Å². The Balaban J connectivity index is 3.97. The normalized spacial score (nSPS) is 11.2. The largest absolute Gasteiger partial charge is 0.465 e. The number of carbonyl (C=O) groups excluding carboxylic acids is 1. The van der Waals surface area contributed by atoms with Gasteiger partial charge in [-0.05, 0) is 32.4 Å². The maximum absolute atomic E-state index is 12.0. The van der Waals surface area contributed by atoms with E-state index in [2.05, 4.69) is 25.7 Å². The zero-order chi connectivity index (χ0) is 18.6. The number of hydrogen-bond donors (Lipinski definition) is 0.